The van der Waals surface area contributed by atoms with Gasteiger partial charge in [-0.3, -0.25) is 5.41 Å². The summed E-state index contributed by atoms with van der Waals surface area (Å²) in [6, 6.07) is 29.3. The van der Waals surface area contributed by atoms with Crippen molar-refractivity contribution in [2.45, 2.75) is 25.7 Å². The minimum Gasteiger partial charge on any atom is -0.460 e. The summed E-state index contributed by atoms with van der Waals surface area (Å²) < 4.78 is 12.5. The lowest BCUT2D eigenvalue weighted by molar-refractivity contribution is 0.545. The molecule has 2 aliphatic rings. The van der Waals surface area contributed by atoms with Crippen LogP contribution in [0.2, 0.25) is 0 Å². The Morgan fingerprint density at radius 2 is 1.29 bits per heavy atom. The number of rotatable bonds is 3. The molecule has 0 saturated carbocycles. The van der Waals surface area contributed by atoms with Crippen LogP contribution in [0.3, 0.4) is 0 Å². The van der Waals surface area contributed by atoms with Crippen LogP contribution in [0.4, 0.5) is 0 Å². The quantitative estimate of drug-likeness (QED) is 0.176. The van der Waals surface area contributed by atoms with Crippen LogP contribution in [-0.4, -0.2) is 11.7 Å². The van der Waals surface area contributed by atoms with E-state index in [0.717, 1.165) is 92.5 Å². The minimum absolute atomic E-state index is 0.148. The van der Waals surface area contributed by atoms with Gasteiger partial charge in [-0.25, -0.2) is 4.99 Å². The maximum Gasteiger partial charge on any atom is 0.154 e. The summed E-state index contributed by atoms with van der Waals surface area (Å²) in [6.45, 7) is 0. The van der Waals surface area contributed by atoms with Crippen LogP contribution in [0.5, 0.6) is 0 Å². The molecule has 41 heavy (non-hydrogen) atoms. The van der Waals surface area contributed by atoms with Crippen molar-refractivity contribution in [1.82, 2.24) is 0 Å². The summed E-state index contributed by atoms with van der Waals surface area (Å²) in [5, 5.41) is 13.4. The van der Waals surface area contributed by atoms with Gasteiger partial charge in [0, 0.05) is 45.9 Å². The van der Waals surface area contributed by atoms with E-state index < -0.39 is 0 Å². The van der Waals surface area contributed by atoms with Gasteiger partial charge in [0.05, 0.1) is 0 Å². The average molecular weight is 534 g/mol. The molecule has 2 heterocycles. The smallest absolute Gasteiger partial charge is 0.154 e. The molecule has 0 unspecified atom stereocenters. The molecule has 0 aliphatic heterocycles. The molecule has 198 valence electrons. The number of nitrogens with two attached hydrogens (primary N) is 1. The molecule has 5 nitrogen and oxygen atoms in total. The molecule has 0 atom stereocenters. The van der Waals surface area contributed by atoms with Gasteiger partial charge in [-0.1, -0.05) is 72.8 Å². The van der Waals surface area contributed by atoms with Crippen molar-refractivity contribution in [2.24, 2.45) is 10.7 Å². The third kappa shape index (κ3) is 3.85. The van der Waals surface area contributed by atoms with E-state index in [2.05, 4.69) is 77.8 Å². The normalized spacial score (nSPS) is 15.1. The molecule has 0 fully saturated rings. The third-order valence-corrected chi connectivity index (χ3v) is 8.26. The number of allylic oxidation sites excluding steroid dienone is 2. The Labute approximate surface area is 236 Å². The van der Waals surface area contributed by atoms with E-state index in [1.54, 1.807) is 0 Å². The Bertz CT molecular complexity index is 2140. The Hall–Kier alpha value is -5.16. The second-order valence-electron chi connectivity index (χ2n) is 10.7. The first-order valence-electron chi connectivity index (χ1n) is 14.0. The molecule has 0 radical (unpaired) electrons. The number of furan rings is 2. The summed E-state index contributed by atoms with van der Waals surface area (Å²) >= 11 is 0. The van der Waals surface area contributed by atoms with E-state index in [-0.39, 0.29) is 5.84 Å². The third-order valence-electron chi connectivity index (χ3n) is 8.26. The standard InChI is InChI=1S/C36H27N3O2/c37-35(27-10-5-13-30-33(27)25-9-3-4-12-29(25)40-30)39-36(38)28-11-6-14-31-34(28)26-18-17-24(20-32(26)41-31)23-16-15-21-7-1-2-8-22(21)19-23/h1-4,7-12,15-20H,5-6,13-14H2,(H3,37,38,39). The SMILES string of the molecule is N=C(/N=C(\N)C1=CCCc2oc3cc(-c4ccc5ccccc5c4)ccc3c21)C1=CCCc2oc3ccccc3c21. The van der Waals surface area contributed by atoms with E-state index in [4.69, 9.17) is 20.0 Å². The molecule has 0 spiro atoms. The highest BCUT2D eigenvalue weighted by molar-refractivity contribution is 6.33. The fourth-order valence-corrected chi connectivity index (χ4v) is 6.32. The zero-order valence-corrected chi connectivity index (χ0v) is 22.4. The molecule has 0 bridgehead atoms. The van der Waals surface area contributed by atoms with Crippen molar-refractivity contribution in [1.29, 1.82) is 5.41 Å². The second-order valence-corrected chi connectivity index (χ2v) is 10.7. The summed E-state index contributed by atoms with van der Waals surface area (Å²) in [7, 11) is 0. The van der Waals surface area contributed by atoms with Crippen LogP contribution in [0.15, 0.2) is 111 Å². The summed E-state index contributed by atoms with van der Waals surface area (Å²) in [4.78, 5) is 4.65. The van der Waals surface area contributed by atoms with E-state index in [0.29, 0.717) is 5.84 Å². The number of benzene rings is 4. The zero-order chi connectivity index (χ0) is 27.5. The number of amidine groups is 2. The Kier molecular flexibility index (Phi) is 5.32. The summed E-state index contributed by atoms with van der Waals surface area (Å²) in [5.41, 5.74) is 14.1. The van der Waals surface area contributed by atoms with E-state index in [1.165, 1.54) is 10.8 Å². The molecule has 3 N–H and O–H groups in total. The largest absolute Gasteiger partial charge is 0.460 e. The fraction of sp³-hybridized carbons (Fsp3) is 0.111. The van der Waals surface area contributed by atoms with Gasteiger partial charge < -0.3 is 14.6 Å². The molecule has 2 aromatic heterocycles. The van der Waals surface area contributed by atoms with E-state index >= 15 is 0 Å². The van der Waals surface area contributed by atoms with Crippen molar-refractivity contribution in [2.75, 3.05) is 0 Å². The highest BCUT2D eigenvalue weighted by Crippen LogP contribution is 2.39. The van der Waals surface area contributed by atoms with E-state index in [1.807, 2.05) is 24.3 Å². The lowest BCUT2D eigenvalue weighted by Crippen LogP contribution is -2.19. The first-order chi connectivity index (χ1) is 20.1. The molecule has 6 aromatic rings. The average Bonchev–Trinajstić information content (AvgIpc) is 3.58. The molecule has 8 rings (SSSR count). The van der Waals surface area contributed by atoms with Gasteiger partial charge >= 0.3 is 0 Å². The van der Waals surface area contributed by atoms with Crippen LogP contribution < -0.4 is 5.73 Å². The van der Waals surface area contributed by atoms with Crippen molar-refractivity contribution in [3.63, 3.8) is 0 Å². The molecular formula is C36H27N3O2. The second kappa shape index (κ2) is 9.20. The Morgan fingerprint density at radius 1 is 0.659 bits per heavy atom. The van der Waals surface area contributed by atoms with Gasteiger partial charge in [-0.05, 0) is 59.0 Å². The molecule has 2 aliphatic carbocycles. The molecule has 0 saturated heterocycles. The first-order valence-corrected chi connectivity index (χ1v) is 14.0. The van der Waals surface area contributed by atoms with Crippen LogP contribution in [0.25, 0.3) is 55.0 Å². The number of para-hydroxylation sites is 1. The lowest BCUT2D eigenvalue weighted by atomic mass is 9.92. The van der Waals surface area contributed by atoms with Gasteiger partial charge in [-0.15, -0.1) is 0 Å². The fourth-order valence-electron chi connectivity index (χ4n) is 6.32. The number of fused-ring (bicyclic) bond motifs is 7. The molecule has 4 aromatic carbocycles. The van der Waals surface area contributed by atoms with Gasteiger partial charge in [0.2, 0.25) is 0 Å². The number of nitrogens with zero attached hydrogens (tertiary/aromatic N) is 1. The van der Waals surface area contributed by atoms with Gasteiger partial charge in [0.15, 0.2) is 5.84 Å². The molecular weight excluding hydrogens is 506 g/mol. The van der Waals surface area contributed by atoms with Crippen LogP contribution in [-0.2, 0) is 12.8 Å². The van der Waals surface area contributed by atoms with Crippen LogP contribution in [0.1, 0.15) is 35.5 Å². The minimum atomic E-state index is 0.148. The van der Waals surface area contributed by atoms with Gasteiger partial charge in [-0.2, -0.15) is 0 Å². The number of nitrogens with one attached hydrogen (secondary N) is 1. The maximum atomic E-state index is 8.94. The summed E-state index contributed by atoms with van der Waals surface area (Å²) in [6.07, 6.45) is 7.43. The van der Waals surface area contributed by atoms with Crippen LogP contribution in [0, 0.1) is 5.41 Å². The summed E-state index contributed by atoms with van der Waals surface area (Å²) in [5.74, 6) is 2.30. The monoisotopic (exact) mass is 533 g/mol. The predicted molar refractivity (Wildman–Crippen MR) is 167 cm³/mol. The van der Waals surface area contributed by atoms with Crippen molar-refractivity contribution in [3.8, 4) is 11.1 Å². The zero-order valence-electron chi connectivity index (χ0n) is 22.4. The van der Waals surface area contributed by atoms with Crippen molar-refractivity contribution in [3.05, 3.63) is 120 Å². The van der Waals surface area contributed by atoms with Crippen molar-refractivity contribution < 1.29 is 8.83 Å². The first kappa shape index (κ1) is 23.7. The van der Waals surface area contributed by atoms with Gasteiger partial charge in [0.25, 0.3) is 0 Å². The Balaban J connectivity index is 1.15. The molecule has 5 heteroatoms. The predicted octanol–water partition coefficient (Wildman–Crippen LogP) is 8.69. The van der Waals surface area contributed by atoms with Crippen LogP contribution >= 0.6 is 0 Å². The Morgan fingerprint density at radius 3 is 2.15 bits per heavy atom. The lowest BCUT2D eigenvalue weighted by Gasteiger charge is -2.15. The number of hydrogen-bond donors (Lipinski definition) is 2. The van der Waals surface area contributed by atoms with E-state index in [9.17, 15) is 0 Å². The van der Waals surface area contributed by atoms with Gasteiger partial charge in [0.1, 0.15) is 28.5 Å². The topological polar surface area (TPSA) is 88.5 Å². The highest BCUT2D eigenvalue weighted by atomic mass is 16.3. The number of aryl methyl sites for hydroxylation is 2. The van der Waals surface area contributed by atoms with Crippen molar-refractivity contribution >= 4 is 55.5 Å². The number of aliphatic imine (C=N–C) groups is 1. The highest BCUT2D eigenvalue weighted by Gasteiger charge is 2.26. The molecule has 0 amide bonds. The maximum absolute atomic E-state index is 8.94. The number of hydrogen-bond acceptors (Lipinski definition) is 3.